The molecule has 1 aromatic carbocycles. The standard InChI is InChI=1S/C12H10BrClN2O2/c1-17-8-2-3-11(9(13)5-8)18-12-10(15)4-7(14)6-16-12/h2-6H,15H2,1H3. The molecule has 0 aliphatic rings. The van der Waals surface area contributed by atoms with Crippen LogP contribution in [-0.4, -0.2) is 12.1 Å². The van der Waals surface area contributed by atoms with Gasteiger partial charge in [-0.2, -0.15) is 0 Å². The Balaban J connectivity index is 2.28. The zero-order chi connectivity index (χ0) is 13.1. The van der Waals surface area contributed by atoms with Crippen molar-refractivity contribution in [2.45, 2.75) is 0 Å². The van der Waals surface area contributed by atoms with Crippen molar-refractivity contribution in [1.82, 2.24) is 4.98 Å². The topological polar surface area (TPSA) is 57.4 Å². The van der Waals surface area contributed by atoms with E-state index in [1.54, 1.807) is 31.4 Å². The Labute approximate surface area is 118 Å². The van der Waals surface area contributed by atoms with Crippen molar-refractivity contribution in [2.75, 3.05) is 12.8 Å². The predicted octanol–water partition coefficient (Wildman–Crippen LogP) is 3.88. The molecular formula is C12H10BrClN2O2. The van der Waals surface area contributed by atoms with Gasteiger partial charge in [0.2, 0.25) is 5.88 Å². The minimum absolute atomic E-state index is 0.310. The molecule has 2 aromatic rings. The molecule has 4 nitrogen and oxygen atoms in total. The molecule has 94 valence electrons. The van der Waals surface area contributed by atoms with Crippen LogP contribution in [0, 0.1) is 0 Å². The van der Waals surface area contributed by atoms with Gasteiger partial charge in [0.1, 0.15) is 11.5 Å². The number of nitrogens with zero attached hydrogens (tertiary/aromatic N) is 1. The van der Waals surface area contributed by atoms with Gasteiger partial charge in [-0.15, -0.1) is 0 Å². The van der Waals surface area contributed by atoms with Crippen molar-refractivity contribution in [3.8, 4) is 17.4 Å². The molecule has 6 heteroatoms. The van der Waals surface area contributed by atoms with Crippen molar-refractivity contribution < 1.29 is 9.47 Å². The fourth-order valence-electron chi connectivity index (χ4n) is 1.32. The second kappa shape index (κ2) is 5.46. The lowest BCUT2D eigenvalue weighted by molar-refractivity contribution is 0.411. The Hall–Kier alpha value is -1.46. The third kappa shape index (κ3) is 2.86. The first-order chi connectivity index (χ1) is 8.60. The molecule has 0 saturated carbocycles. The Morgan fingerprint density at radius 2 is 2.11 bits per heavy atom. The number of anilines is 1. The number of hydrogen-bond donors (Lipinski definition) is 1. The maximum absolute atomic E-state index is 5.77. The highest BCUT2D eigenvalue weighted by molar-refractivity contribution is 9.10. The van der Waals surface area contributed by atoms with Crippen molar-refractivity contribution in [3.63, 3.8) is 0 Å². The molecule has 0 amide bonds. The zero-order valence-corrected chi connectivity index (χ0v) is 11.8. The number of rotatable bonds is 3. The number of nitrogens with two attached hydrogens (primary N) is 1. The Morgan fingerprint density at radius 3 is 2.72 bits per heavy atom. The van der Waals surface area contributed by atoms with E-state index in [4.69, 9.17) is 26.8 Å². The molecule has 2 rings (SSSR count). The quantitative estimate of drug-likeness (QED) is 0.928. The van der Waals surface area contributed by atoms with Gasteiger partial charge in [-0.1, -0.05) is 11.6 Å². The molecule has 0 aliphatic carbocycles. The van der Waals surface area contributed by atoms with Crippen molar-refractivity contribution in [2.24, 2.45) is 0 Å². The summed E-state index contributed by atoms with van der Waals surface area (Å²) in [7, 11) is 1.60. The van der Waals surface area contributed by atoms with E-state index in [9.17, 15) is 0 Å². The van der Waals surface area contributed by atoms with Crippen LogP contribution in [0.3, 0.4) is 0 Å². The second-order valence-corrected chi connectivity index (χ2v) is 4.74. The Kier molecular flexibility index (Phi) is 3.93. The summed E-state index contributed by atoms with van der Waals surface area (Å²) >= 11 is 9.15. The molecule has 18 heavy (non-hydrogen) atoms. The monoisotopic (exact) mass is 328 g/mol. The smallest absolute Gasteiger partial charge is 0.242 e. The van der Waals surface area contributed by atoms with Gasteiger partial charge in [0.15, 0.2) is 0 Å². The van der Waals surface area contributed by atoms with Gasteiger partial charge in [-0.25, -0.2) is 4.98 Å². The molecule has 0 aliphatic heterocycles. The van der Waals surface area contributed by atoms with E-state index in [0.29, 0.717) is 22.3 Å². The predicted molar refractivity (Wildman–Crippen MR) is 74.4 cm³/mol. The van der Waals surface area contributed by atoms with Crippen molar-refractivity contribution in [1.29, 1.82) is 0 Å². The van der Waals surface area contributed by atoms with E-state index < -0.39 is 0 Å². The molecular weight excluding hydrogens is 320 g/mol. The minimum Gasteiger partial charge on any atom is -0.497 e. The van der Waals surface area contributed by atoms with Crippen molar-refractivity contribution in [3.05, 3.63) is 40.0 Å². The first-order valence-electron chi connectivity index (χ1n) is 5.02. The maximum Gasteiger partial charge on any atom is 0.242 e. The number of methoxy groups -OCH3 is 1. The van der Waals surface area contributed by atoms with Crippen LogP contribution >= 0.6 is 27.5 Å². The number of ether oxygens (including phenoxy) is 2. The molecule has 0 spiro atoms. The van der Waals surface area contributed by atoms with E-state index in [0.717, 1.165) is 10.2 Å². The first kappa shape index (κ1) is 13.0. The van der Waals surface area contributed by atoms with Gasteiger partial charge >= 0.3 is 0 Å². The number of hydrogen-bond acceptors (Lipinski definition) is 4. The summed E-state index contributed by atoms with van der Waals surface area (Å²) in [6, 6.07) is 6.92. The largest absolute Gasteiger partial charge is 0.497 e. The molecule has 0 bridgehead atoms. The van der Waals surface area contributed by atoms with Gasteiger partial charge in [0.05, 0.1) is 22.3 Å². The average molecular weight is 330 g/mol. The van der Waals surface area contributed by atoms with E-state index in [2.05, 4.69) is 20.9 Å². The lowest BCUT2D eigenvalue weighted by atomic mass is 10.3. The SMILES string of the molecule is COc1ccc(Oc2ncc(Cl)cc2N)c(Br)c1. The van der Waals surface area contributed by atoms with Crippen molar-refractivity contribution >= 4 is 33.2 Å². The third-order valence-corrected chi connectivity index (χ3v) is 3.02. The van der Waals surface area contributed by atoms with Gasteiger partial charge in [-0.05, 0) is 40.2 Å². The van der Waals surface area contributed by atoms with E-state index in [1.807, 2.05) is 0 Å². The summed E-state index contributed by atoms with van der Waals surface area (Å²) in [6.07, 6.45) is 1.48. The molecule has 0 fully saturated rings. The summed E-state index contributed by atoms with van der Waals surface area (Å²) in [4.78, 5) is 4.03. The number of nitrogen functional groups attached to an aromatic ring is 1. The molecule has 0 atom stereocenters. The molecule has 0 radical (unpaired) electrons. The van der Waals surface area contributed by atoms with Crippen LogP contribution in [0.25, 0.3) is 0 Å². The zero-order valence-electron chi connectivity index (χ0n) is 9.48. The van der Waals surface area contributed by atoms with Gasteiger partial charge < -0.3 is 15.2 Å². The highest BCUT2D eigenvalue weighted by Crippen LogP contribution is 2.34. The van der Waals surface area contributed by atoms with Gasteiger partial charge in [0, 0.05) is 6.20 Å². The first-order valence-corrected chi connectivity index (χ1v) is 6.19. The summed E-state index contributed by atoms with van der Waals surface area (Å²) in [5.41, 5.74) is 6.14. The number of aromatic nitrogens is 1. The fraction of sp³-hybridized carbons (Fsp3) is 0.0833. The van der Waals surface area contributed by atoms with E-state index in [-0.39, 0.29) is 0 Å². The summed E-state index contributed by atoms with van der Waals surface area (Å²) in [5.74, 6) is 1.63. The molecule has 2 N–H and O–H groups in total. The molecule has 1 heterocycles. The summed E-state index contributed by atoms with van der Waals surface area (Å²) in [6.45, 7) is 0. The lowest BCUT2D eigenvalue weighted by Gasteiger charge is -2.10. The van der Waals surface area contributed by atoms with E-state index >= 15 is 0 Å². The Bertz CT molecular complexity index is 578. The third-order valence-electron chi connectivity index (χ3n) is 2.19. The molecule has 1 aromatic heterocycles. The lowest BCUT2D eigenvalue weighted by Crippen LogP contribution is -1.95. The molecule has 0 saturated heterocycles. The van der Waals surface area contributed by atoms with Gasteiger partial charge in [0.25, 0.3) is 0 Å². The van der Waals surface area contributed by atoms with Crippen LogP contribution in [-0.2, 0) is 0 Å². The summed E-state index contributed by atoms with van der Waals surface area (Å²) < 4.78 is 11.4. The Morgan fingerprint density at radius 1 is 1.33 bits per heavy atom. The highest BCUT2D eigenvalue weighted by atomic mass is 79.9. The number of pyridine rings is 1. The van der Waals surface area contributed by atoms with Gasteiger partial charge in [-0.3, -0.25) is 0 Å². The van der Waals surface area contributed by atoms with Crippen LogP contribution in [0.15, 0.2) is 34.9 Å². The number of benzene rings is 1. The number of halogens is 2. The van der Waals surface area contributed by atoms with Crippen LogP contribution in [0.4, 0.5) is 5.69 Å². The van der Waals surface area contributed by atoms with Crippen LogP contribution in [0.5, 0.6) is 17.4 Å². The highest BCUT2D eigenvalue weighted by Gasteiger charge is 2.08. The normalized spacial score (nSPS) is 10.2. The average Bonchev–Trinajstić information content (AvgIpc) is 2.34. The molecule has 0 unspecified atom stereocenters. The second-order valence-electron chi connectivity index (χ2n) is 3.45. The minimum atomic E-state index is 0.310. The summed E-state index contributed by atoms with van der Waals surface area (Å²) in [5, 5.41) is 0.466. The maximum atomic E-state index is 5.77. The van der Waals surface area contributed by atoms with E-state index in [1.165, 1.54) is 6.20 Å². The van der Waals surface area contributed by atoms with Crippen LogP contribution < -0.4 is 15.2 Å². The van der Waals surface area contributed by atoms with Crippen LogP contribution in [0.2, 0.25) is 5.02 Å². The van der Waals surface area contributed by atoms with Crippen LogP contribution in [0.1, 0.15) is 0 Å². The fourth-order valence-corrected chi connectivity index (χ4v) is 1.93.